The summed E-state index contributed by atoms with van der Waals surface area (Å²) >= 11 is 0. The molecule has 0 saturated carbocycles. The van der Waals surface area contributed by atoms with E-state index in [2.05, 4.69) is 5.32 Å². The molecular weight excluding hydrogens is 588 g/mol. The second kappa shape index (κ2) is 17.9. The number of benzene rings is 3. The van der Waals surface area contributed by atoms with E-state index in [-0.39, 0.29) is 12.2 Å². The first-order valence-electron chi connectivity index (χ1n) is 15.8. The van der Waals surface area contributed by atoms with E-state index < -0.39 is 29.7 Å². The second-order valence-corrected chi connectivity index (χ2v) is 11.4. The van der Waals surface area contributed by atoms with Gasteiger partial charge in [0.1, 0.15) is 12.4 Å². The van der Waals surface area contributed by atoms with Crippen molar-refractivity contribution in [2.24, 2.45) is 11.8 Å². The fourth-order valence-electron chi connectivity index (χ4n) is 5.77. The van der Waals surface area contributed by atoms with Gasteiger partial charge in [-0.25, -0.2) is 5.48 Å². The third-order valence-corrected chi connectivity index (χ3v) is 8.26. The van der Waals surface area contributed by atoms with Crippen LogP contribution in [0, 0.1) is 11.8 Å². The molecule has 2 heterocycles. The molecule has 10 heteroatoms. The van der Waals surface area contributed by atoms with Crippen LogP contribution in [0.25, 0.3) is 0 Å². The molecule has 0 unspecified atom stereocenters. The summed E-state index contributed by atoms with van der Waals surface area (Å²) in [5.74, 6) is -0.930. The van der Waals surface area contributed by atoms with Crippen molar-refractivity contribution in [3.8, 4) is 17.2 Å². The Morgan fingerprint density at radius 2 is 1.76 bits per heavy atom. The van der Waals surface area contributed by atoms with Crippen molar-refractivity contribution in [1.82, 2.24) is 10.8 Å². The van der Waals surface area contributed by atoms with E-state index in [4.69, 9.17) is 18.9 Å². The molecule has 246 valence electrons. The highest BCUT2D eigenvalue weighted by Crippen LogP contribution is 2.30. The van der Waals surface area contributed by atoms with Crippen LogP contribution in [-0.2, 0) is 27.2 Å². The van der Waals surface area contributed by atoms with Crippen LogP contribution in [-0.4, -0.2) is 62.9 Å². The van der Waals surface area contributed by atoms with Crippen molar-refractivity contribution >= 4 is 17.6 Å². The normalized spacial score (nSPS) is 18.8. The molecule has 0 fully saturated rings. The zero-order chi connectivity index (χ0) is 32.7. The molecule has 2 bridgehead atoms. The molecule has 10 nitrogen and oxygen atoms in total. The molecule has 2 aliphatic rings. The van der Waals surface area contributed by atoms with Crippen molar-refractivity contribution in [3.63, 3.8) is 0 Å². The summed E-state index contributed by atoms with van der Waals surface area (Å²) in [5, 5.41) is 12.7. The lowest BCUT2D eigenvalue weighted by Gasteiger charge is -2.27. The first kappa shape index (κ1) is 34.5. The summed E-state index contributed by atoms with van der Waals surface area (Å²) < 4.78 is 22.2. The number of hydrogen-bond acceptors (Lipinski definition) is 8. The van der Waals surface area contributed by atoms with Gasteiger partial charge >= 0.3 is 0 Å². The van der Waals surface area contributed by atoms with Gasteiger partial charge in [0.2, 0.25) is 11.8 Å². The molecule has 3 atom stereocenters. The zero-order valence-corrected chi connectivity index (χ0v) is 26.5. The molecule has 3 N–H and O–H groups in total. The van der Waals surface area contributed by atoms with Crippen molar-refractivity contribution in [1.29, 1.82) is 0 Å². The van der Waals surface area contributed by atoms with Crippen LogP contribution < -0.4 is 25.0 Å². The number of fused-ring (bicyclic) bond motifs is 12. The maximum atomic E-state index is 14.1. The SMILES string of the molecule is COCCOc1cc(CCC[C@H]2C(=O)N[C@H](C(=O)c3ccccc3)Cc3ccc(cc3)OCCCC[C@@H]2C(=O)NO)ccc1OC. The second-order valence-electron chi connectivity index (χ2n) is 11.4. The number of ether oxygens (including phenoxy) is 4. The number of aryl methyl sites for hydroxylation is 1. The van der Waals surface area contributed by atoms with E-state index in [1.807, 2.05) is 48.5 Å². The quantitative estimate of drug-likeness (QED) is 0.111. The smallest absolute Gasteiger partial charge is 0.247 e. The molecule has 0 aromatic heterocycles. The van der Waals surface area contributed by atoms with Gasteiger partial charge in [0, 0.05) is 25.0 Å². The molecule has 3 aromatic carbocycles. The third kappa shape index (κ3) is 9.79. The summed E-state index contributed by atoms with van der Waals surface area (Å²) in [6.45, 7) is 1.25. The number of nitrogens with one attached hydrogen (secondary N) is 2. The predicted octanol–water partition coefficient (Wildman–Crippen LogP) is 4.95. The van der Waals surface area contributed by atoms with E-state index >= 15 is 0 Å². The first-order valence-corrected chi connectivity index (χ1v) is 15.8. The molecule has 3 aromatic rings. The van der Waals surface area contributed by atoms with Gasteiger partial charge in [-0.05, 0) is 73.9 Å². The number of carbonyl (C=O) groups is 3. The molecule has 0 saturated heterocycles. The zero-order valence-electron chi connectivity index (χ0n) is 26.5. The summed E-state index contributed by atoms with van der Waals surface area (Å²) in [4.78, 5) is 40.9. The lowest BCUT2D eigenvalue weighted by Crippen LogP contribution is -2.48. The van der Waals surface area contributed by atoms with Crippen molar-refractivity contribution in [2.75, 3.05) is 34.0 Å². The van der Waals surface area contributed by atoms with Crippen molar-refractivity contribution in [3.05, 3.63) is 89.5 Å². The Kier molecular flexibility index (Phi) is 13.4. The number of ketones is 1. The highest BCUT2D eigenvalue weighted by Gasteiger charge is 2.35. The highest BCUT2D eigenvalue weighted by atomic mass is 16.5. The van der Waals surface area contributed by atoms with Crippen LogP contribution >= 0.6 is 0 Å². The number of hydroxylamine groups is 1. The summed E-state index contributed by atoms with van der Waals surface area (Å²) in [6, 6.07) is 21.2. The van der Waals surface area contributed by atoms with Crippen LogP contribution in [0.5, 0.6) is 17.2 Å². The van der Waals surface area contributed by atoms with Gasteiger partial charge in [-0.2, -0.15) is 0 Å². The summed E-state index contributed by atoms with van der Waals surface area (Å²) in [7, 11) is 3.18. The molecule has 0 radical (unpaired) electrons. The maximum Gasteiger partial charge on any atom is 0.247 e. The van der Waals surface area contributed by atoms with Crippen molar-refractivity contribution in [2.45, 2.75) is 51.0 Å². The molecule has 0 spiro atoms. The average Bonchev–Trinajstić information content (AvgIpc) is 3.09. The minimum absolute atomic E-state index is 0.222. The molecule has 2 amide bonds. The van der Waals surface area contributed by atoms with Crippen LogP contribution in [0.3, 0.4) is 0 Å². The topological polar surface area (TPSA) is 132 Å². The molecule has 46 heavy (non-hydrogen) atoms. The Balaban J connectivity index is 1.59. The van der Waals surface area contributed by atoms with Gasteiger partial charge in [0.05, 0.1) is 32.3 Å². The number of rotatable bonds is 12. The number of amides is 2. The third-order valence-electron chi connectivity index (χ3n) is 8.26. The van der Waals surface area contributed by atoms with Gasteiger partial charge < -0.3 is 24.3 Å². The Bertz CT molecular complexity index is 1410. The monoisotopic (exact) mass is 632 g/mol. The molecule has 0 aliphatic carbocycles. The van der Waals surface area contributed by atoms with Crippen LogP contribution in [0.1, 0.15) is 53.6 Å². The van der Waals surface area contributed by atoms with Gasteiger partial charge in [-0.15, -0.1) is 0 Å². The Morgan fingerprint density at radius 3 is 2.48 bits per heavy atom. The molecular formula is C36H44N2O8. The van der Waals surface area contributed by atoms with Crippen molar-refractivity contribution < 1.29 is 38.5 Å². The number of Topliss-reactive ketones (excluding diaryl/α,β-unsaturated/α-hetero) is 1. The standard InChI is InChI=1S/C36H44N2O8/c1-43-21-22-46-33-24-25(16-19-32(33)44-2)9-8-13-29-30(36(41)38-42)12-6-7-20-45-28-17-14-26(15-18-28)23-31(37-35(29)40)34(39)27-10-4-3-5-11-27/h3-5,10-11,14-19,24,29-31,42H,6-9,12-13,20-23H2,1-2H3,(H,37,40)(H,38,41)/t29-,30+,31+/m1/s1. The minimum atomic E-state index is -0.861. The van der Waals surface area contributed by atoms with E-state index in [0.717, 1.165) is 11.1 Å². The first-order chi connectivity index (χ1) is 22.4. The maximum absolute atomic E-state index is 14.1. The minimum Gasteiger partial charge on any atom is -0.494 e. The average molecular weight is 633 g/mol. The Morgan fingerprint density at radius 1 is 0.978 bits per heavy atom. The Labute approximate surface area is 270 Å². The highest BCUT2D eigenvalue weighted by molar-refractivity contribution is 6.02. The number of carbonyl (C=O) groups excluding carboxylic acids is 3. The van der Waals surface area contributed by atoms with E-state index in [1.54, 1.807) is 44.0 Å². The van der Waals surface area contributed by atoms with Gasteiger partial charge in [0.15, 0.2) is 17.3 Å². The van der Waals surface area contributed by atoms with Crippen LogP contribution in [0.15, 0.2) is 72.8 Å². The number of hydrogen-bond donors (Lipinski definition) is 3. The lowest BCUT2D eigenvalue weighted by molar-refractivity contribution is -0.141. The fraction of sp³-hybridized carbons (Fsp3) is 0.417. The van der Waals surface area contributed by atoms with Crippen LogP contribution in [0.2, 0.25) is 0 Å². The molecule has 5 rings (SSSR count). The van der Waals surface area contributed by atoms with Crippen LogP contribution in [0.4, 0.5) is 0 Å². The summed E-state index contributed by atoms with van der Waals surface area (Å²) in [5.41, 5.74) is 4.10. The fourth-order valence-corrected chi connectivity index (χ4v) is 5.77. The number of methoxy groups -OCH3 is 2. The largest absolute Gasteiger partial charge is 0.494 e. The van der Waals surface area contributed by atoms with E-state index in [9.17, 15) is 19.6 Å². The van der Waals surface area contributed by atoms with Gasteiger partial charge in [0.25, 0.3) is 0 Å². The van der Waals surface area contributed by atoms with E-state index in [1.165, 1.54) is 0 Å². The Hall–Kier alpha value is -4.41. The lowest BCUT2D eigenvalue weighted by atomic mass is 9.82. The van der Waals surface area contributed by atoms with Gasteiger partial charge in [-0.3, -0.25) is 19.6 Å². The summed E-state index contributed by atoms with van der Waals surface area (Å²) in [6.07, 6.45) is 3.43. The predicted molar refractivity (Wildman–Crippen MR) is 172 cm³/mol. The van der Waals surface area contributed by atoms with Gasteiger partial charge in [-0.1, -0.05) is 48.5 Å². The molecule has 2 aliphatic heterocycles. The van der Waals surface area contributed by atoms with E-state index in [0.29, 0.717) is 81.2 Å².